The first-order valence-corrected chi connectivity index (χ1v) is 7.09. The Balaban J connectivity index is 1.93. The number of rotatable bonds is 6. The Kier molecular flexibility index (Phi) is 5.68. The summed E-state index contributed by atoms with van der Waals surface area (Å²) in [5.41, 5.74) is -0.161. The summed E-state index contributed by atoms with van der Waals surface area (Å²) in [5.74, 6) is -0.295. The van der Waals surface area contributed by atoms with Crippen LogP contribution in [0.25, 0.3) is 0 Å². The first-order chi connectivity index (χ1) is 11.4. The van der Waals surface area contributed by atoms with Gasteiger partial charge in [0.25, 0.3) is 5.91 Å². The molecular weight excluding hydrogens is 323 g/mol. The van der Waals surface area contributed by atoms with E-state index in [1.54, 1.807) is 24.3 Å². The maximum absolute atomic E-state index is 12.8. The van der Waals surface area contributed by atoms with Gasteiger partial charge in [-0.05, 0) is 18.2 Å². The molecule has 4 nitrogen and oxygen atoms in total. The molecule has 0 saturated carbocycles. The van der Waals surface area contributed by atoms with Crippen molar-refractivity contribution in [2.24, 2.45) is 0 Å². The Hall–Kier alpha value is -2.70. The van der Waals surface area contributed by atoms with E-state index in [4.69, 9.17) is 9.47 Å². The van der Waals surface area contributed by atoms with E-state index in [0.717, 1.165) is 11.6 Å². The second-order valence-electron chi connectivity index (χ2n) is 4.87. The van der Waals surface area contributed by atoms with Crippen molar-refractivity contribution in [2.45, 2.75) is 12.7 Å². The maximum Gasteiger partial charge on any atom is 0.419 e. The zero-order valence-electron chi connectivity index (χ0n) is 12.9. The van der Waals surface area contributed by atoms with E-state index < -0.39 is 24.3 Å². The fraction of sp³-hybridized carbons (Fsp3) is 0.235. The summed E-state index contributed by atoms with van der Waals surface area (Å²) in [4.78, 5) is 11.8. The highest BCUT2D eigenvalue weighted by Gasteiger charge is 2.34. The summed E-state index contributed by atoms with van der Waals surface area (Å²) in [7, 11) is 1.51. The zero-order valence-corrected chi connectivity index (χ0v) is 12.9. The van der Waals surface area contributed by atoms with Crippen LogP contribution < -0.4 is 14.8 Å². The molecule has 0 bridgehead atoms. The van der Waals surface area contributed by atoms with E-state index in [1.165, 1.54) is 25.3 Å². The van der Waals surface area contributed by atoms with Crippen LogP contribution in [0.15, 0.2) is 48.5 Å². The van der Waals surface area contributed by atoms with Crippen molar-refractivity contribution in [1.82, 2.24) is 5.32 Å². The van der Waals surface area contributed by atoms with Gasteiger partial charge in [0.2, 0.25) is 0 Å². The molecule has 0 aliphatic heterocycles. The second kappa shape index (κ2) is 7.72. The lowest BCUT2D eigenvalue weighted by molar-refractivity contribution is -0.139. The Morgan fingerprint density at radius 3 is 2.33 bits per heavy atom. The molecule has 2 aromatic carbocycles. The van der Waals surface area contributed by atoms with Gasteiger partial charge in [-0.1, -0.05) is 30.3 Å². The first kappa shape index (κ1) is 17.7. The van der Waals surface area contributed by atoms with Gasteiger partial charge in [0.1, 0.15) is 11.5 Å². The van der Waals surface area contributed by atoms with Crippen LogP contribution in [0.4, 0.5) is 13.2 Å². The van der Waals surface area contributed by atoms with Crippen molar-refractivity contribution in [3.63, 3.8) is 0 Å². The van der Waals surface area contributed by atoms with E-state index in [2.05, 4.69) is 5.32 Å². The lowest BCUT2D eigenvalue weighted by Crippen LogP contribution is -2.29. The minimum absolute atomic E-state index is 0.188. The third-order valence-corrected chi connectivity index (χ3v) is 3.22. The van der Waals surface area contributed by atoms with Crippen LogP contribution in [0.3, 0.4) is 0 Å². The van der Waals surface area contributed by atoms with Crippen LogP contribution in [0, 0.1) is 0 Å². The highest BCUT2D eigenvalue weighted by atomic mass is 19.4. The standard InChI is InChI=1S/C17H16F3NO3/c1-23-14-8-4-2-6-12(14)10-21-16(22)11-24-15-9-5-3-7-13(15)17(18,19)20/h2-9H,10-11H2,1H3,(H,21,22). The minimum atomic E-state index is -4.54. The van der Waals surface area contributed by atoms with Crippen molar-refractivity contribution in [2.75, 3.05) is 13.7 Å². The first-order valence-electron chi connectivity index (χ1n) is 7.09. The van der Waals surface area contributed by atoms with Gasteiger partial charge >= 0.3 is 6.18 Å². The molecule has 2 aromatic rings. The number of alkyl halides is 3. The molecule has 1 amide bonds. The van der Waals surface area contributed by atoms with Gasteiger partial charge in [-0.15, -0.1) is 0 Å². The van der Waals surface area contributed by atoms with Gasteiger partial charge in [0, 0.05) is 12.1 Å². The SMILES string of the molecule is COc1ccccc1CNC(=O)COc1ccccc1C(F)(F)F. The molecule has 0 saturated heterocycles. The van der Waals surface area contributed by atoms with Gasteiger partial charge in [-0.2, -0.15) is 13.2 Å². The van der Waals surface area contributed by atoms with Gasteiger partial charge < -0.3 is 14.8 Å². The average Bonchev–Trinajstić information content (AvgIpc) is 2.57. The molecule has 0 radical (unpaired) electrons. The van der Waals surface area contributed by atoms with Crippen LogP contribution >= 0.6 is 0 Å². The number of para-hydroxylation sites is 2. The predicted molar refractivity (Wildman–Crippen MR) is 81.8 cm³/mol. The number of ether oxygens (including phenoxy) is 2. The van der Waals surface area contributed by atoms with E-state index in [0.29, 0.717) is 5.75 Å². The molecule has 128 valence electrons. The Bertz CT molecular complexity index is 701. The topological polar surface area (TPSA) is 47.6 Å². The van der Waals surface area contributed by atoms with Crippen LogP contribution in [-0.4, -0.2) is 19.6 Å². The molecule has 7 heteroatoms. The van der Waals surface area contributed by atoms with E-state index >= 15 is 0 Å². The zero-order chi connectivity index (χ0) is 17.6. The summed E-state index contributed by atoms with van der Waals surface area (Å²) < 4.78 is 48.7. The van der Waals surface area contributed by atoms with Crippen molar-refractivity contribution >= 4 is 5.91 Å². The number of hydrogen-bond donors (Lipinski definition) is 1. The fourth-order valence-electron chi connectivity index (χ4n) is 2.06. The summed E-state index contributed by atoms with van der Waals surface area (Å²) in [6, 6.07) is 11.9. The van der Waals surface area contributed by atoms with E-state index in [1.807, 2.05) is 0 Å². The van der Waals surface area contributed by atoms with Crippen LogP contribution in [-0.2, 0) is 17.5 Å². The van der Waals surface area contributed by atoms with Crippen molar-refractivity contribution in [3.8, 4) is 11.5 Å². The molecule has 0 aliphatic carbocycles. The molecule has 0 heterocycles. The summed E-state index contributed by atoms with van der Waals surface area (Å²) >= 11 is 0. The highest BCUT2D eigenvalue weighted by molar-refractivity contribution is 5.77. The normalized spacial score (nSPS) is 11.0. The van der Waals surface area contributed by atoms with Gasteiger partial charge in [-0.25, -0.2) is 0 Å². The number of halogens is 3. The molecule has 0 fully saturated rings. The van der Waals surface area contributed by atoms with Gasteiger partial charge in [0.05, 0.1) is 12.7 Å². The van der Waals surface area contributed by atoms with E-state index in [9.17, 15) is 18.0 Å². The Morgan fingerprint density at radius 1 is 1.04 bits per heavy atom. The summed E-state index contributed by atoms with van der Waals surface area (Å²) in [6.07, 6.45) is -4.54. The number of amides is 1. The molecule has 1 N–H and O–H groups in total. The smallest absolute Gasteiger partial charge is 0.419 e. The van der Waals surface area contributed by atoms with Crippen molar-refractivity contribution in [3.05, 3.63) is 59.7 Å². The molecule has 0 aromatic heterocycles. The fourth-order valence-corrected chi connectivity index (χ4v) is 2.06. The average molecular weight is 339 g/mol. The lowest BCUT2D eigenvalue weighted by atomic mass is 10.2. The largest absolute Gasteiger partial charge is 0.496 e. The number of hydrogen-bond acceptors (Lipinski definition) is 3. The molecule has 0 unspecified atom stereocenters. The van der Waals surface area contributed by atoms with Crippen molar-refractivity contribution in [1.29, 1.82) is 0 Å². The number of nitrogens with one attached hydrogen (secondary N) is 1. The lowest BCUT2D eigenvalue weighted by Gasteiger charge is -2.14. The van der Waals surface area contributed by atoms with Gasteiger partial charge in [-0.3, -0.25) is 4.79 Å². The predicted octanol–water partition coefficient (Wildman–Crippen LogP) is 3.41. The number of carbonyl (C=O) groups is 1. The number of carbonyl (C=O) groups excluding carboxylic acids is 1. The molecule has 0 spiro atoms. The molecule has 2 rings (SSSR count). The van der Waals surface area contributed by atoms with Crippen LogP contribution in [0.1, 0.15) is 11.1 Å². The quantitative estimate of drug-likeness (QED) is 0.877. The second-order valence-corrected chi connectivity index (χ2v) is 4.87. The van der Waals surface area contributed by atoms with Gasteiger partial charge in [0.15, 0.2) is 6.61 Å². The third-order valence-electron chi connectivity index (χ3n) is 3.22. The number of methoxy groups -OCH3 is 1. The molecule has 24 heavy (non-hydrogen) atoms. The van der Waals surface area contributed by atoms with Crippen LogP contribution in [0.5, 0.6) is 11.5 Å². The highest BCUT2D eigenvalue weighted by Crippen LogP contribution is 2.35. The number of benzene rings is 2. The Labute approximate surface area is 137 Å². The monoisotopic (exact) mass is 339 g/mol. The third kappa shape index (κ3) is 4.65. The molecular formula is C17H16F3NO3. The van der Waals surface area contributed by atoms with Crippen molar-refractivity contribution < 1.29 is 27.4 Å². The minimum Gasteiger partial charge on any atom is -0.496 e. The summed E-state index contributed by atoms with van der Waals surface area (Å²) in [5, 5.41) is 2.58. The van der Waals surface area contributed by atoms with Crippen LogP contribution in [0.2, 0.25) is 0 Å². The summed E-state index contributed by atoms with van der Waals surface area (Å²) in [6.45, 7) is -0.324. The molecule has 0 aliphatic rings. The molecule has 0 atom stereocenters. The van der Waals surface area contributed by atoms with E-state index in [-0.39, 0.29) is 12.3 Å². The Morgan fingerprint density at radius 2 is 1.67 bits per heavy atom. The maximum atomic E-state index is 12.8.